The van der Waals surface area contributed by atoms with E-state index in [4.69, 9.17) is 9.47 Å². The summed E-state index contributed by atoms with van der Waals surface area (Å²) >= 11 is 0. The highest BCUT2D eigenvalue weighted by atomic mass is 16.5. The Bertz CT molecular complexity index is 180. The monoisotopic (exact) mass is 168 g/mol. The standard InChI is InChI=1S/C10H16O2/c1-5-11-7-10(4)8-12-6-9(2)3/h5,8H,1-2,6-7H2,3-4H3/b10-8+. The van der Waals surface area contributed by atoms with E-state index in [0.29, 0.717) is 13.2 Å². The molecule has 0 heterocycles. The normalized spacial score (nSPS) is 10.7. The van der Waals surface area contributed by atoms with Crippen molar-refractivity contribution in [2.75, 3.05) is 13.2 Å². The maximum Gasteiger partial charge on any atom is 0.111 e. The predicted molar refractivity (Wildman–Crippen MR) is 50.7 cm³/mol. The summed E-state index contributed by atoms with van der Waals surface area (Å²) in [6.45, 7) is 12.1. The van der Waals surface area contributed by atoms with Gasteiger partial charge in [0.05, 0.1) is 12.5 Å². The Morgan fingerprint density at radius 2 is 1.92 bits per heavy atom. The molecule has 0 bridgehead atoms. The van der Waals surface area contributed by atoms with Crippen LogP contribution in [0.4, 0.5) is 0 Å². The van der Waals surface area contributed by atoms with Crippen molar-refractivity contribution in [1.29, 1.82) is 0 Å². The molecule has 2 heteroatoms. The van der Waals surface area contributed by atoms with Crippen LogP contribution < -0.4 is 0 Å². The highest BCUT2D eigenvalue weighted by Crippen LogP contribution is 1.96. The first-order chi connectivity index (χ1) is 5.66. The van der Waals surface area contributed by atoms with Gasteiger partial charge in [0.15, 0.2) is 0 Å². The average molecular weight is 168 g/mol. The predicted octanol–water partition coefficient (Wildman–Crippen LogP) is 2.64. The second-order valence-electron chi connectivity index (χ2n) is 2.71. The minimum Gasteiger partial charge on any atom is -0.497 e. The second-order valence-corrected chi connectivity index (χ2v) is 2.71. The van der Waals surface area contributed by atoms with Crippen LogP contribution in [0.2, 0.25) is 0 Å². The molecule has 0 rings (SSSR count). The summed E-state index contributed by atoms with van der Waals surface area (Å²) in [5.74, 6) is 0. The highest BCUT2D eigenvalue weighted by Gasteiger charge is 1.88. The lowest BCUT2D eigenvalue weighted by molar-refractivity contribution is 0.252. The molecule has 0 aromatic heterocycles. The van der Waals surface area contributed by atoms with Gasteiger partial charge in [-0.05, 0) is 25.0 Å². The van der Waals surface area contributed by atoms with Gasteiger partial charge in [-0.15, -0.1) is 0 Å². The average Bonchev–Trinajstić information content (AvgIpc) is 2.00. The summed E-state index contributed by atoms with van der Waals surface area (Å²) in [4.78, 5) is 0. The summed E-state index contributed by atoms with van der Waals surface area (Å²) in [7, 11) is 0. The number of hydrogen-bond acceptors (Lipinski definition) is 2. The molecule has 2 nitrogen and oxygen atoms in total. The Morgan fingerprint density at radius 1 is 1.25 bits per heavy atom. The third-order valence-corrected chi connectivity index (χ3v) is 1.04. The molecule has 0 aromatic rings. The molecule has 0 atom stereocenters. The van der Waals surface area contributed by atoms with Crippen molar-refractivity contribution < 1.29 is 9.47 Å². The fourth-order valence-electron chi connectivity index (χ4n) is 0.551. The summed E-state index contributed by atoms with van der Waals surface area (Å²) in [5.41, 5.74) is 2.03. The van der Waals surface area contributed by atoms with E-state index in [1.54, 1.807) is 6.26 Å². The van der Waals surface area contributed by atoms with E-state index in [1.807, 2.05) is 13.8 Å². The molecule has 0 saturated carbocycles. The molecule has 0 unspecified atom stereocenters. The van der Waals surface area contributed by atoms with E-state index in [-0.39, 0.29) is 0 Å². The SMILES string of the molecule is C=COC/C(C)=C/OCC(=C)C. The fraction of sp³-hybridized carbons (Fsp3) is 0.400. The van der Waals surface area contributed by atoms with E-state index < -0.39 is 0 Å². The van der Waals surface area contributed by atoms with Gasteiger partial charge in [0.1, 0.15) is 13.2 Å². The number of hydrogen-bond donors (Lipinski definition) is 0. The second kappa shape index (κ2) is 6.53. The minimum atomic E-state index is 0.527. The van der Waals surface area contributed by atoms with Crippen LogP contribution >= 0.6 is 0 Å². The fourth-order valence-corrected chi connectivity index (χ4v) is 0.551. The first kappa shape index (κ1) is 10.8. The van der Waals surface area contributed by atoms with Gasteiger partial charge in [-0.2, -0.15) is 0 Å². The van der Waals surface area contributed by atoms with Gasteiger partial charge in [0, 0.05) is 0 Å². The summed E-state index contributed by atoms with van der Waals surface area (Å²) in [6.07, 6.45) is 3.09. The van der Waals surface area contributed by atoms with E-state index in [9.17, 15) is 0 Å². The Hall–Kier alpha value is -1.18. The van der Waals surface area contributed by atoms with Crippen molar-refractivity contribution in [3.63, 3.8) is 0 Å². The molecule has 0 spiro atoms. The lowest BCUT2D eigenvalue weighted by atomic mass is 10.3. The van der Waals surface area contributed by atoms with Gasteiger partial charge in [0.25, 0.3) is 0 Å². The molecule has 0 N–H and O–H groups in total. The number of ether oxygens (including phenoxy) is 2. The van der Waals surface area contributed by atoms with Gasteiger partial charge < -0.3 is 9.47 Å². The highest BCUT2D eigenvalue weighted by molar-refractivity contribution is 4.95. The lowest BCUT2D eigenvalue weighted by Crippen LogP contribution is -1.92. The van der Waals surface area contributed by atoms with Gasteiger partial charge in [-0.25, -0.2) is 0 Å². The van der Waals surface area contributed by atoms with Crippen LogP contribution in [0.5, 0.6) is 0 Å². The summed E-state index contributed by atoms with van der Waals surface area (Å²) < 4.78 is 10.1. The molecular formula is C10H16O2. The van der Waals surface area contributed by atoms with Crippen molar-refractivity contribution in [3.05, 3.63) is 36.8 Å². The molecule has 0 saturated heterocycles. The van der Waals surface area contributed by atoms with Gasteiger partial charge in [-0.3, -0.25) is 0 Å². The zero-order valence-corrected chi connectivity index (χ0v) is 7.80. The lowest BCUT2D eigenvalue weighted by Gasteiger charge is -2.02. The molecule has 0 aromatic carbocycles. The van der Waals surface area contributed by atoms with E-state index >= 15 is 0 Å². The molecular weight excluding hydrogens is 152 g/mol. The largest absolute Gasteiger partial charge is 0.497 e. The molecule has 0 aliphatic heterocycles. The van der Waals surface area contributed by atoms with Crippen molar-refractivity contribution >= 4 is 0 Å². The van der Waals surface area contributed by atoms with Gasteiger partial charge in [-0.1, -0.05) is 13.2 Å². The zero-order chi connectivity index (χ0) is 9.40. The smallest absolute Gasteiger partial charge is 0.111 e. The first-order valence-corrected chi connectivity index (χ1v) is 3.81. The maximum absolute atomic E-state index is 5.18. The van der Waals surface area contributed by atoms with Crippen molar-refractivity contribution in [2.24, 2.45) is 0 Å². The van der Waals surface area contributed by atoms with Crippen molar-refractivity contribution in [1.82, 2.24) is 0 Å². The third kappa shape index (κ3) is 6.93. The van der Waals surface area contributed by atoms with Crippen molar-refractivity contribution in [2.45, 2.75) is 13.8 Å². The van der Waals surface area contributed by atoms with E-state index in [0.717, 1.165) is 11.1 Å². The van der Waals surface area contributed by atoms with Crippen LogP contribution in [0.15, 0.2) is 36.8 Å². The molecule has 0 radical (unpaired) electrons. The van der Waals surface area contributed by atoms with Crippen molar-refractivity contribution in [3.8, 4) is 0 Å². The van der Waals surface area contributed by atoms with Gasteiger partial charge >= 0.3 is 0 Å². The molecule has 12 heavy (non-hydrogen) atoms. The van der Waals surface area contributed by atoms with Crippen LogP contribution in [-0.4, -0.2) is 13.2 Å². The molecule has 0 aliphatic rings. The van der Waals surface area contributed by atoms with E-state index in [1.165, 1.54) is 6.26 Å². The first-order valence-electron chi connectivity index (χ1n) is 3.81. The van der Waals surface area contributed by atoms with Crippen LogP contribution in [0.1, 0.15) is 13.8 Å². The van der Waals surface area contributed by atoms with Crippen LogP contribution in [0.3, 0.4) is 0 Å². The summed E-state index contributed by atoms with van der Waals surface area (Å²) in [5, 5.41) is 0. The van der Waals surface area contributed by atoms with Crippen LogP contribution in [-0.2, 0) is 9.47 Å². The van der Waals surface area contributed by atoms with Crippen LogP contribution in [0.25, 0.3) is 0 Å². The zero-order valence-electron chi connectivity index (χ0n) is 7.80. The maximum atomic E-state index is 5.18. The molecule has 0 fully saturated rings. The quantitative estimate of drug-likeness (QED) is 0.448. The Balaban J connectivity index is 3.53. The third-order valence-electron chi connectivity index (χ3n) is 1.04. The summed E-state index contributed by atoms with van der Waals surface area (Å²) in [6, 6.07) is 0. The molecule has 68 valence electrons. The van der Waals surface area contributed by atoms with Gasteiger partial charge in [0.2, 0.25) is 0 Å². The Labute approximate surface area is 74.2 Å². The Morgan fingerprint density at radius 3 is 2.42 bits per heavy atom. The van der Waals surface area contributed by atoms with E-state index in [2.05, 4.69) is 13.2 Å². The Kier molecular flexibility index (Phi) is 5.88. The molecule has 0 amide bonds. The number of rotatable bonds is 6. The van der Waals surface area contributed by atoms with Crippen LogP contribution in [0, 0.1) is 0 Å². The minimum absolute atomic E-state index is 0.527. The molecule has 0 aliphatic carbocycles. The topological polar surface area (TPSA) is 18.5 Å².